The van der Waals surface area contributed by atoms with Crippen molar-refractivity contribution < 1.29 is 34.2 Å². The molecule has 0 saturated carbocycles. The molecule has 0 bridgehead atoms. The first-order valence-electron chi connectivity index (χ1n) is 15.3. The lowest BCUT2D eigenvalue weighted by atomic mass is 9.83. The van der Waals surface area contributed by atoms with E-state index < -0.39 is 73.3 Å². The molecule has 0 radical (unpaired) electrons. The molecule has 3 aromatic rings. The molecule has 47 heavy (non-hydrogen) atoms. The number of aromatic hydroxyl groups is 2. The average molecular weight is 672 g/mol. The van der Waals surface area contributed by atoms with E-state index in [1.54, 1.807) is 23.6 Å². The molecule has 4 N–H and O–H groups in total. The van der Waals surface area contributed by atoms with Gasteiger partial charge in [-0.25, -0.2) is 9.59 Å². The van der Waals surface area contributed by atoms with Crippen molar-refractivity contribution in [3.8, 4) is 11.5 Å². The number of rotatable bonds is 10. The van der Waals surface area contributed by atoms with E-state index in [9.17, 15) is 39.5 Å². The zero-order valence-electron chi connectivity index (χ0n) is 25.8. The van der Waals surface area contributed by atoms with Gasteiger partial charge in [0.25, 0.3) is 16.8 Å². The maximum atomic E-state index is 14.0. The van der Waals surface area contributed by atoms with Gasteiger partial charge in [-0.2, -0.15) is 0 Å². The van der Waals surface area contributed by atoms with Gasteiger partial charge in [0.2, 0.25) is 0 Å². The number of carbonyl (C=O) groups is 2. The molecular weight excluding hydrogens is 638 g/mol. The predicted molar refractivity (Wildman–Crippen MR) is 171 cm³/mol. The first-order valence-corrected chi connectivity index (χ1v) is 15.6. The second-order valence-electron chi connectivity index (χ2n) is 11.1. The molecule has 0 amide bonds. The van der Waals surface area contributed by atoms with E-state index >= 15 is 0 Å². The number of nitrogens with zero attached hydrogens (tertiary/aromatic N) is 3. The van der Waals surface area contributed by atoms with Crippen LogP contribution in [0, 0.1) is 10.1 Å². The topological polar surface area (TPSA) is 208 Å². The predicted octanol–water partition coefficient (Wildman–Crippen LogP) is 3.77. The number of aromatic nitrogens is 2. The number of H-pyrrole nitrogens is 2. The normalized spacial score (nSPS) is 14.6. The molecule has 250 valence electrons. The van der Waals surface area contributed by atoms with E-state index in [0.29, 0.717) is 26.2 Å². The number of aromatic amines is 2. The van der Waals surface area contributed by atoms with Crippen LogP contribution in [-0.4, -0.2) is 76.4 Å². The highest BCUT2D eigenvalue weighted by Crippen LogP contribution is 2.45. The summed E-state index contributed by atoms with van der Waals surface area (Å²) in [6, 6.07) is 3.42. The first kappa shape index (κ1) is 33.3. The number of ether oxygens (including phenoxy) is 2. The number of hydrogen-bond donors (Lipinski definition) is 4. The molecule has 1 aromatic carbocycles. The van der Waals surface area contributed by atoms with Gasteiger partial charge in [0.05, 0.1) is 35.2 Å². The number of pyridine rings is 2. The fraction of sp³-hybridized carbons (Fsp3) is 0.419. The van der Waals surface area contributed by atoms with Crippen LogP contribution >= 0.6 is 11.6 Å². The number of nitro groups is 1. The third kappa shape index (κ3) is 6.22. The van der Waals surface area contributed by atoms with Crippen molar-refractivity contribution in [3.05, 3.63) is 81.9 Å². The van der Waals surface area contributed by atoms with Crippen LogP contribution in [0.15, 0.2) is 27.8 Å². The van der Waals surface area contributed by atoms with Crippen molar-refractivity contribution in [2.24, 2.45) is 0 Å². The van der Waals surface area contributed by atoms with Crippen LogP contribution in [0.2, 0.25) is 5.02 Å². The number of benzene rings is 1. The molecule has 2 saturated heterocycles. The Morgan fingerprint density at radius 1 is 0.872 bits per heavy atom. The summed E-state index contributed by atoms with van der Waals surface area (Å²) in [4.78, 5) is 74.8. The summed E-state index contributed by atoms with van der Waals surface area (Å²) in [5.74, 6) is -5.77. The Morgan fingerprint density at radius 2 is 1.30 bits per heavy atom. The molecule has 4 heterocycles. The molecule has 2 aliphatic heterocycles. The van der Waals surface area contributed by atoms with Gasteiger partial charge in [0.1, 0.15) is 34.3 Å². The highest BCUT2D eigenvalue weighted by atomic mass is 35.5. The number of nitrogens with one attached hydrogen (secondary N) is 2. The fourth-order valence-electron chi connectivity index (χ4n) is 6.24. The number of hydrogen-bond acceptors (Lipinski definition) is 12. The van der Waals surface area contributed by atoms with Gasteiger partial charge in [0, 0.05) is 42.8 Å². The summed E-state index contributed by atoms with van der Waals surface area (Å²) in [6.07, 6.45) is 2.98. The van der Waals surface area contributed by atoms with Gasteiger partial charge in [-0.15, -0.1) is 0 Å². The van der Waals surface area contributed by atoms with Gasteiger partial charge in [0.15, 0.2) is 0 Å². The van der Waals surface area contributed by atoms with Gasteiger partial charge < -0.3 is 39.5 Å². The van der Waals surface area contributed by atoms with E-state index in [2.05, 4.69) is 9.97 Å². The minimum Gasteiger partial charge on any atom is -0.506 e. The van der Waals surface area contributed by atoms with Crippen LogP contribution in [0.25, 0.3) is 0 Å². The lowest BCUT2D eigenvalue weighted by Crippen LogP contribution is -2.32. The van der Waals surface area contributed by atoms with Crippen molar-refractivity contribution in [2.75, 3.05) is 49.2 Å². The van der Waals surface area contributed by atoms with E-state index in [0.717, 1.165) is 31.7 Å². The third-order valence-corrected chi connectivity index (χ3v) is 8.53. The summed E-state index contributed by atoms with van der Waals surface area (Å²) in [6.45, 7) is 4.74. The zero-order valence-corrected chi connectivity index (χ0v) is 26.5. The number of halogens is 1. The van der Waals surface area contributed by atoms with E-state index in [-0.39, 0.29) is 35.4 Å². The molecule has 0 unspecified atom stereocenters. The summed E-state index contributed by atoms with van der Waals surface area (Å²) < 4.78 is 10.4. The summed E-state index contributed by atoms with van der Waals surface area (Å²) in [7, 11) is 0. The standard InChI is InChI=1S/C31H34ClN5O10/c1-3-46-30(42)22-24(38)20(28(40)33-26(22)35-11-5-6-12-35)19(17-10-9-16(32)15-18(17)37(44)45)21-25(39)23(31(43)47-4-2)27(34-29(21)41)36-13-7-8-14-36/h9-10,15,19H,3-8,11-14H2,1-2H3,(H2,33,38,40)(H2,34,39,41). The number of carbonyl (C=O) groups excluding carboxylic acids is 2. The minimum absolute atomic E-state index is 0.0220. The van der Waals surface area contributed by atoms with Crippen LogP contribution in [0.5, 0.6) is 11.5 Å². The fourth-order valence-corrected chi connectivity index (χ4v) is 6.41. The Hall–Kier alpha value is -5.05. The summed E-state index contributed by atoms with van der Waals surface area (Å²) in [5, 5.41) is 35.9. The maximum Gasteiger partial charge on any atom is 0.345 e. The average Bonchev–Trinajstić information content (AvgIpc) is 3.75. The largest absolute Gasteiger partial charge is 0.506 e. The molecule has 2 fully saturated rings. The van der Waals surface area contributed by atoms with Crippen LogP contribution in [0.4, 0.5) is 17.3 Å². The van der Waals surface area contributed by atoms with E-state index in [1.165, 1.54) is 12.1 Å². The van der Waals surface area contributed by atoms with Gasteiger partial charge >= 0.3 is 11.9 Å². The van der Waals surface area contributed by atoms with Crippen molar-refractivity contribution >= 4 is 40.9 Å². The van der Waals surface area contributed by atoms with Crippen LogP contribution in [0.3, 0.4) is 0 Å². The third-order valence-electron chi connectivity index (χ3n) is 8.29. The lowest BCUT2D eigenvalue weighted by Gasteiger charge is -2.26. The van der Waals surface area contributed by atoms with Crippen LogP contribution in [0.1, 0.15) is 82.9 Å². The Kier molecular flexibility index (Phi) is 9.75. The Labute approximate surface area is 272 Å². The molecule has 2 aromatic heterocycles. The Morgan fingerprint density at radius 3 is 1.68 bits per heavy atom. The Balaban J connectivity index is 1.91. The smallest absolute Gasteiger partial charge is 0.345 e. The monoisotopic (exact) mass is 671 g/mol. The SMILES string of the molecule is CCOC(=O)c1c(N2CCCC2)[nH]c(=O)c(C(c2ccc(Cl)cc2[N+](=O)[O-])c2c(O)c(C(=O)OCC)c(N3CCCC3)[nH]c2=O)c1O. The molecule has 15 nitrogen and oxygen atoms in total. The summed E-state index contributed by atoms with van der Waals surface area (Å²) in [5.41, 5.74) is -5.23. The molecule has 5 rings (SSSR count). The quantitative estimate of drug-likeness (QED) is 0.138. The van der Waals surface area contributed by atoms with Gasteiger partial charge in [-0.1, -0.05) is 11.6 Å². The number of anilines is 2. The molecule has 0 aliphatic carbocycles. The van der Waals surface area contributed by atoms with Crippen molar-refractivity contribution in [1.29, 1.82) is 0 Å². The highest BCUT2D eigenvalue weighted by molar-refractivity contribution is 6.30. The molecule has 0 spiro atoms. The number of nitro benzene ring substituents is 1. The summed E-state index contributed by atoms with van der Waals surface area (Å²) >= 11 is 6.10. The minimum atomic E-state index is -1.90. The van der Waals surface area contributed by atoms with Crippen molar-refractivity contribution in [2.45, 2.75) is 45.4 Å². The van der Waals surface area contributed by atoms with Crippen molar-refractivity contribution in [1.82, 2.24) is 9.97 Å². The second-order valence-corrected chi connectivity index (χ2v) is 11.5. The molecular formula is C31H34ClN5O10. The maximum absolute atomic E-state index is 14.0. The van der Waals surface area contributed by atoms with Crippen LogP contribution < -0.4 is 20.9 Å². The van der Waals surface area contributed by atoms with Crippen molar-refractivity contribution in [3.63, 3.8) is 0 Å². The van der Waals surface area contributed by atoms with E-state index in [1.807, 2.05) is 0 Å². The number of esters is 2. The van der Waals surface area contributed by atoms with E-state index in [4.69, 9.17) is 21.1 Å². The van der Waals surface area contributed by atoms with Gasteiger partial charge in [-0.3, -0.25) is 19.7 Å². The lowest BCUT2D eigenvalue weighted by molar-refractivity contribution is -0.385. The van der Waals surface area contributed by atoms with Crippen LogP contribution in [-0.2, 0) is 9.47 Å². The molecule has 0 atom stereocenters. The molecule has 16 heteroatoms. The first-order chi connectivity index (χ1) is 22.5. The van der Waals surface area contributed by atoms with Gasteiger partial charge in [-0.05, 0) is 51.7 Å². The zero-order chi connectivity index (χ0) is 34.0. The highest BCUT2D eigenvalue weighted by Gasteiger charge is 2.40. The molecule has 2 aliphatic rings. The Bertz CT molecular complexity index is 1740. The second kappa shape index (κ2) is 13.7.